The summed E-state index contributed by atoms with van der Waals surface area (Å²) in [5.74, 6) is 0. The molecule has 0 heterocycles. The van der Waals surface area contributed by atoms with Crippen LogP contribution in [0.25, 0.3) is 22.3 Å². The zero-order chi connectivity index (χ0) is 32.9. The van der Waals surface area contributed by atoms with Gasteiger partial charge in [-0.3, -0.25) is 0 Å². The summed E-state index contributed by atoms with van der Waals surface area (Å²) < 4.78 is 27.2. The molecule has 0 atom stereocenters. The Morgan fingerprint density at radius 1 is 0.745 bits per heavy atom. The van der Waals surface area contributed by atoms with Gasteiger partial charge < -0.3 is 15.2 Å². The van der Waals surface area contributed by atoms with Crippen LogP contribution in [0.3, 0.4) is 0 Å². The van der Waals surface area contributed by atoms with Crippen molar-refractivity contribution in [1.82, 2.24) is 0 Å². The van der Waals surface area contributed by atoms with Gasteiger partial charge in [-0.2, -0.15) is 12.1 Å². The summed E-state index contributed by atoms with van der Waals surface area (Å²) in [4.78, 5) is 2.23. The maximum atomic E-state index is 9.08. The Kier molecular flexibility index (Phi) is 16.1. The minimum Gasteiger partial charge on any atom is -0.748 e. The van der Waals surface area contributed by atoms with E-state index in [0.29, 0.717) is 6.26 Å². The molecule has 8 heteroatoms. The van der Waals surface area contributed by atoms with Crippen molar-refractivity contribution in [2.45, 2.75) is 75.5 Å². The number of benzene rings is 4. The van der Waals surface area contributed by atoms with Gasteiger partial charge in [0.25, 0.3) is 0 Å². The van der Waals surface area contributed by atoms with Gasteiger partial charge in [0.15, 0.2) is 0 Å². The summed E-state index contributed by atoms with van der Waals surface area (Å²) in [5.41, 5.74) is 14.6. The fraction of sp³-hybridized carbons (Fsp3) is 0.385. The van der Waals surface area contributed by atoms with Crippen LogP contribution in [-0.2, 0) is 30.5 Å². The molecule has 0 aliphatic heterocycles. The Morgan fingerprint density at radius 3 is 1.79 bits per heavy atom. The fourth-order valence-corrected chi connectivity index (χ4v) is 10.4. The van der Waals surface area contributed by atoms with Crippen molar-refractivity contribution < 1.29 is 33.4 Å². The van der Waals surface area contributed by atoms with Gasteiger partial charge in [0, 0.05) is 40.8 Å². The molecule has 6 rings (SSSR count). The van der Waals surface area contributed by atoms with Crippen molar-refractivity contribution in [2.75, 3.05) is 31.0 Å². The average molecular weight is 762 g/mol. The van der Waals surface area contributed by atoms with Crippen molar-refractivity contribution in [1.29, 1.82) is 0 Å². The van der Waals surface area contributed by atoms with E-state index in [1.54, 1.807) is 5.30 Å². The second kappa shape index (κ2) is 19.5. The van der Waals surface area contributed by atoms with Crippen LogP contribution in [0, 0.1) is 12.1 Å². The molecule has 0 amide bonds. The van der Waals surface area contributed by atoms with Gasteiger partial charge in [-0.05, 0) is 48.8 Å². The second-order valence-electron chi connectivity index (χ2n) is 12.4. The molecular weight excluding hydrogens is 714 g/mol. The van der Waals surface area contributed by atoms with Gasteiger partial charge in [0.05, 0.1) is 10.1 Å². The number of nitrogens with zero attached hydrogens (tertiary/aromatic N) is 1. The largest absolute Gasteiger partial charge is 0.748 e. The van der Waals surface area contributed by atoms with Crippen LogP contribution in [0.2, 0.25) is 0 Å². The molecule has 4 aromatic rings. The van der Waals surface area contributed by atoms with E-state index in [-0.39, 0.29) is 28.3 Å². The smallest absolute Gasteiger partial charge is 0.0916 e. The second-order valence-corrected chi connectivity index (χ2v) is 16.6. The molecule has 4 aromatic carbocycles. The van der Waals surface area contributed by atoms with Crippen molar-refractivity contribution in [3.8, 4) is 22.3 Å². The van der Waals surface area contributed by atoms with Crippen LogP contribution < -0.4 is 15.9 Å². The monoisotopic (exact) mass is 761 g/mol. The van der Waals surface area contributed by atoms with Gasteiger partial charge in [0.1, 0.15) is 0 Å². The number of rotatable bonds is 6. The van der Waals surface area contributed by atoms with Crippen LogP contribution in [0.5, 0.6) is 0 Å². The van der Waals surface area contributed by atoms with Crippen LogP contribution in [0.4, 0.5) is 11.4 Å². The SMILES string of the molecule is CN(C)c1[c-]c(P(C2CCCCC2)C2CCCCC2)c(-c2ccccc2)cc1.CS(=O)(=O)[O-].Nc1ccccc1-c1[c-]cccc1.[Pd]. The topological polar surface area (TPSA) is 86.5 Å². The number of hydrogen-bond acceptors (Lipinski definition) is 5. The van der Waals surface area contributed by atoms with Crippen molar-refractivity contribution >= 4 is 34.7 Å². The molecule has 5 nitrogen and oxygen atoms in total. The predicted molar refractivity (Wildman–Crippen MR) is 196 cm³/mol. The zero-order valence-electron chi connectivity index (χ0n) is 27.8. The quantitative estimate of drug-likeness (QED) is 0.0698. The molecule has 2 aliphatic rings. The minimum absolute atomic E-state index is 0. The zero-order valence-corrected chi connectivity index (χ0v) is 31.1. The first-order valence-electron chi connectivity index (χ1n) is 16.4. The Labute approximate surface area is 298 Å². The Bertz CT molecular complexity index is 1570. The summed E-state index contributed by atoms with van der Waals surface area (Å²) in [5, 5.41) is 1.58. The summed E-state index contributed by atoms with van der Waals surface area (Å²) in [7, 11) is 0.232. The Hall–Kier alpha value is -2.52. The Morgan fingerprint density at radius 2 is 1.28 bits per heavy atom. The first-order chi connectivity index (χ1) is 22.1. The Balaban J connectivity index is 0.000000262. The first-order valence-corrected chi connectivity index (χ1v) is 19.7. The van der Waals surface area contributed by atoms with E-state index < -0.39 is 10.1 Å². The number of hydrogen-bond donors (Lipinski definition) is 1. The summed E-state index contributed by atoms with van der Waals surface area (Å²) in [6, 6.07) is 38.5. The van der Waals surface area contributed by atoms with Crippen LogP contribution >= 0.6 is 7.92 Å². The third-order valence-electron chi connectivity index (χ3n) is 8.63. The summed E-state index contributed by atoms with van der Waals surface area (Å²) >= 11 is 0. The van der Waals surface area contributed by atoms with E-state index in [9.17, 15) is 0 Å². The van der Waals surface area contributed by atoms with E-state index in [1.165, 1.54) is 81.0 Å². The van der Waals surface area contributed by atoms with Gasteiger partial charge in [-0.1, -0.05) is 112 Å². The fourth-order valence-electron chi connectivity index (χ4n) is 6.47. The van der Waals surface area contributed by atoms with Crippen LogP contribution in [-0.4, -0.2) is 44.6 Å². The van der Waals surface area contributed by atoms with E-state index in [4.69, 9.17) is 18.7 Å². The van der Waals surface area contributed by atoms with Crippen molar-refractivity contribution in [2.24, 2.45) is 0 Å². The van der Waals surface area contributed by atoms with Gasteiger partial charge in [-0.15, -0.1) is 52.8 Å². The number of nitrogens with two attached hydrogens (primary N) is 1. The van der Waals surface area contributed by atoms with Gasteiger partial charge in [0.2, 0.25) is 0 Å². The molecule has 256 valence electrons. The third kappa shape index (κ3) is 12.5. The number of anilines is 2. The van der Waals surface area contributed by atoms with Crippen molar-refractivity contribution in [3.05, 3.63) is 103 Å². The van der Waals surface area contributed by atoms with E-state index >= 15 is 0 Å². The molecule has 0 aromatic heterocycles. The van der Waals surface area contributed by atoms with Crippen molar-refractivity contribution in [3.63, 3.8) is 0 Å². The van der Waals surface area contributed by atoms with E-state index in [0.717, 1.165) is 28.1 Å². The molecule has 2 fully saturated rings. The van der Waals surface area contributed by atoms with E-state index in [2.05, 4.69) is 73.6 Å². The van der Waals surface area contributed by atoms with Gasteiger partial charge in [-0.25, -0.2) is 8.42 Å². The molecule has 0 saturated heterocycles. The summed E-state index contributed by atoms with van der Waals surface area (Å²) in [6.07, 6.45) is 15.0. The molecule has 0 spiro atoms. The number of nitrogen functional groups attached to an aromatic ring is 1. The molecule has 2 aliphatic carbocycles. The number of para-hydroxylation sites is 1. The van der Waals surface area contributed by atoms with Crippen LogP contribution in [0.1, 0.15) is 64.2 Å². The first kappa shape index (κ1) is 38.9. The molecule has 0 bridgehead atoms. The molecule has 0 radical (unpaired) electrons. The van der Waals surface area contributed by atoms with Gasteiger partial charge >= 0.3 is 0 Å². The minimum atomic E-state index is -3.92. The molecule has 0 unspecified atom stereocenters. The maximum Gasteiger partial charge on any atom is 0.0916 e. The average Bonchev–Trinajstić information content (AvgIpc) is 3.06. The standard InChI is InChI=1S/C26H35NP.C12H10N.CH4O3S.Pd/c1-27(2)22-18-19-25(21-12-6-3-7-13-21)26(20-22)28(23-14-8-4-9-15-23)24-16-10-5-11-17-24;13-12-9-5-4-8-11(12)10-6-2-1-3-7-10;1-5(2,3)4;/h3,6-7,12-13,18-19,23-24H,4-5,8-11,14-17H2,1-2H3;1-6,8-9H,13H2;1H3,(H,2,3,4);/q2*-1;;/p-1. The molecule has 2 N–H and O–H groups in total. The van der Waals surface area contributed by atoms with Crippen LogP contribution in [0.15, 0.2) is 91.0 Å². The molecular formula is C39H48N2O3PPdS-3. The molecule has 47 heavy (non-hydrogen) atoms. The predicted octanol–water partition coefficient (Wildman–Crippen LogP) is 8.89. The van der Waals surface area contributed by atoms with E-state index in [1.807, 2.05) is 48.5 Å². The summed E-state index contributed by atoms with van der Waals surface area (Å²) in [6.45, 7) is 0. The molecule has 2 saturated carbocycles. The normalized spacial score (nSPS) is 15.3. The third-order valence-corrected chi connectivity index (χ3v) is 12.1. The maximum absolute atomic E-state index is 9.08.